The Hall–Kier alpha value is -1.68. The zero-order valence-electron chi connectivity index (χ0n) is 10.0. The predicted octanol–water partition coefficient (Wildman–Crippen LogP) is 3.61. The molecule has 0 atom stereocenters. The highest BCUT2D eigenvalue weighted by atomic mass is 32.1. The summed E-state index contributed by atoms with van der Waals surface area (Å²) in [5.74, 6) is 0. The molecule has 0 saturated carbocycles. The van der Waals surface area contributed by atoms with Crippen molar-refractivity contribution in [2.45, 2.75) is 20.8 Å². The Bertz CT molecular complexity index is 674. The van der Waals surface area contributed by atoms with Gasteiger partial charge in [0.05, 0.1) is 21.4 Å². The normalized spacial score (nSPS) is 11.2. The van der Waals surface area contributed by atoms with Gasteiger partial charge in [-0.2, -0.15) is 5.10 Å². The van der Waals surface area contributed by atoms with E-state index in [1.165, 1.54) is 21.4 Å². The molecule has 3 nitrogen and oxygen atoms in total. The maximum atomic E-state index is 4.49. The van der Waals surface area contributed by atoms with Crippen LogP contribution in [-0.4, -0.2) is 15.2 Å². The molecule has 86 valence electrons. The van der Waals surface area contributed by atoms with Crippen molar-refractivity contribution in [3.05, 3.63) is 34.6 Å². The van der Waals surface area contributed by atoms with Gasteiger partial charge < -0.3 is 0 Å². The summed E-state index contributed by atoms with van der Waals surface area (Å²) in [5.41, 5.74) is 8.76. The van der Waals surface area contributed by atoms with Gasteiger partial charge in [0.25, 0.3) is 0 Å². The zero-order chi connectivity index (χ0) is 12.0. The fraction of sp³-hybridized carbons (Fsp3) is 0.231. The molecule has 2 heterocycles. The minimum atomic E-state index is 1.03. The molecule has 0 aliphatic rings. The second-order valence-electron chi connectivity index (χ2n) is 4.27. The second-order valence-corrected chi connectivity index (χ2v) is 5.12. The molecule has 0 amide bonds. The molecule has 3 aromatic rings. The smallest absolute Gasteiger partial charge is 0.0894 e. The Kier molecular flexibility index (Phi) is 2.26. The van der Waals surface area contributed by atoms with Crippen molar-refractivity contribution in [1.82, 2.24) is 15.2 Å². The van der Waals surface area contributed by atoms with Crippen molar-refractivity contribution < 1.29 is 0 Å². The molecule has 0 fully saturated rings. The van der Waals surface area contributed by atoms with Gasteiger partial charge in [-0.25, -0.2) is 4.98 Å². The SMILES string of the molecule is Cc1n[nH]c(C)c1-c1ccc(C)c2scnc12. The third-order valence-electron chi connectivity index (χ3n) is 3.08. The summed E-state index contributed by atoms with van der Waals surface area (Å²) < 4.78 is 1.27. The molecule has 4 heteroatoms. The average molecular weight is 243 g/mol. The number of aryl methyl sites for hydroxylation is 3. The molecule has 0 unspecified atom stereocenters. The maximum Gasteiger partial charge on any atom is 0.0894 e. The van der Waals surface area contributed by atoms with E-state index in [0.717, 1.165) is 16.9 Å². The zero-order valence-corrected chi connectivity index (χ0v) is 10.9. The highest BCUT2D eigenvalue weighted by Crippen LogP contribution is 2.34. The number of benzene rings is 1. The molecule has 3 rings (SSSR count). The fourth-order valence-electron chi connectivity index (χ4n) is 2.23. The van der Waals surface area contributed by atoms with Gasteiger partial charge in [0.15, 0.2) is 0 Å². The largest absolute Gasteiger partial charge is 0.282 e. The van der Waals surface area contributed by atoms with E-state index >= 15 is 0 Å². The van der Waals surface area contributed by atoms with E-state index in [2.05, 4.69) is 34.2 Å². The van der Waals surface area contributed by atoms with Crippen LogP contribution in [0.25, 0.3) is 21.3 Å². The van der Waals surface area contributed by atoms with Crippen LogP contribution in [0.5, 0.6) is 0 Å². The van der Waals surface area contributed by atoms with E-state index in [4.69, 9.17) is 0 Å². The quantitative estimate of drug-likeness (QED) is 0.709. The summed E-state index contributed by atoms with van der Waals surface area (Å²) in [7, 11) is 0. The Labute approximate surface area is 104 Å². The van der Waals surface area contributed by atoms with E-state index in [-0.39, 0.29) is 0 Å². The molecular formula is C13H13N3S. The fourth-order valence-corrected chi connectivity index (χ4v) is 3.02. The average Bonchev–Trinajstić information content (AvgIpc) is 2.89. The van der Waals surface area contributed by atoms with Gasteiger partial charge >= 0.3 is 0 Å². The third-order valence-corrected chi connectivity index (χ3v) is 4.04. The van der Waals surface area contributed by atoms with Crippen molar-refractivity contribution in [2.24, 2.45) is 0 Å². The molecule has 0 aliphatic carbocycles. The maximum absolute atomic E-state index is 4.49. The number of aromatic amines is 1. The lowest BCUT2D eigenvalue weighted by atomic mass is 10.0. The first-order valence-corrected chi connectivity index (χ1v) is 6.41. The van der Waals surface area contributed by atoms with Crippen molar-refractivity contribution in [1.29, 1.82) is 0 Å². The van der Waals surface area contributed by atoms with E-state index < -0.39 is 0 Å². The van der Waals surface area contributed by atoms with Crippen LogP contribution < -0.4 is 0 Å². The molecule has 2 aromatic heterocycles. The van der Waals surface area contributed by atoms with Gasteiger partial charge in [-0.05, 0) is 26.3 Å². The van der Waals surface area contributed by atoms with Crippen LogP contribution in [0.15, 0.2) is 17.6 Å². The van der Waals surface area contributed by atoms with E-state index in [1.807, 2.05) is 19.4 Å². The van der Waals surface area contributed by atoms with Crippen LogP contribution in [0, 0.1) is 20.8 Å². The number of thiazole rings is 1. The molecular weight excluding hydrogens is 230 g/mol. The number of hydrogen-bond acceptors (Lipinski definition) is 3. The van der Waals surface area contributed by atoms with Crippen LogP contribution in [0.2, 0.25) is 0 Å². The van der Waals surface area contributed by atoms with Gasteiger partial charge in [-0.1, -0.05) is 12.1 Å². The summed E-state index contributed by atoms with van der Waals surface area (Å²) in [6.45, 7) is 6.20. The number of nitrogens with zero attached hydrogens (tertiary/aromatic N) is 2. The minimum absolute atomic E-state index is 1.03. The highest BCUT2D eigenvalue weighted by Gasteiger charge is 2.14. The Morgan fingerprint density at radius 2 is 2.00 bits per heavy atom. The van der Waals surface area contributed by atoms with Gasteiger partial charge in [-0.3, -0.25) is 5.10 Å². The van der Waals surface area contributed by atoms with Crippen molar-refractivity contribution >= 4 is 21.6 Å². The van der Waals surface area contributed by atoms with Crippen molar-refractivity contribution in [3.8, 4) is 11.1 Å². The minimum Gasteiger partial charge on any atom is -0.282 e. The molecule has 0 spiro atoms. The first-order valence-electron chi connectivity index (χ1n) is 5.53. The number of fused-ring (bicyclic) bond motifs is 1. The first-order chi connectivity index (χ1) is 8.18. The standard InChI is InChI=1S/C13H13N3S/c1-7-4-5-10(12-13(7)17-6-14-12)11-8(2)15-16-9(11)3/h4-6H,1-3H3,(H,15,16). The van der Waals surface area contributed by atoms with Crippen LogP contribution in [0.3, 0.4) is 0 Å². The number of hydrogen-bond donors (Lipinski definition) is 1. The highest BCUT2D eigenvalue weighted by molar-refractivity contribution is 7.17. The predicted molar refractivity (Wildman–Crippen MR) is 71.4 cm³/mol. The van der Waals surface area contributed by atoms with Gasteiger partial charge in [0.1, 0.15) is 0 Å². The Morgan fingerprint density at radius 3 is 2.71 bits per heavy atom. The first kappa shape index (κ1) is 10.5. The summed E-state index contributed by atoms with van der Waals surface area (Å²) in [6.07, 6.45) is 0. The van der Waals surface area contributed by atoms with Crippen molar-refractivity contribution in [3.63, 3.8) is 0 Å². The van der Waals surface area contributed by atoms with E-state index in [1.54, 1.807) is 11.3 Å². The molecule has 17 heavy (non-hydrogen) atoms. The van der Waals surface area contributed by atoms with Gasteiger partial charge in [0.2, 0.25) is 0 Å². The Balaban J connectivity index is 2.39. The summed E-state index contributed by atoms with van der Waals surface area (Å²) >= 11 is 1.70. The number of H-pyrrole nitrogens is 1. The monoisotopic (exact) mass is 243 g/mol. The van der Waals surface area contributed by atoms with Gasteiger partial charge in [-0.15, -0.1) is 11.3 Å². The lowest BCUT2D eigenvalue weighted by molar-refractivity contribution is 1.02. The number of aromatic nitrogens is 3. The van der Waals surface area contributed by atoms with E-state index in [0.29, 0.717) is 0 Å². The van der Waals surface area contributed by atoms with Gasteiger partial charge in [0, 0.05) is 16.8 Å². The Morgan fingerprint density at radius 1 is 1.18 bits per heavy atom. The summed E-state index contributed by atoms with van der Waals surface area (Å²) in [4.78, 5) is 4.49. The van der Waals surface area contributed by atoms with Crippen LogP contribution in [0.1, 0.15) is 17.0 Å². The van der Waals surface area contributed by atoms with Crippen LogP contribution in [0.4, 0.5) is 0 Å². The summed E-state index contributed by atoms with van der Waals surface area (Å²) in [6, 6.07) is 4.30. The molecule has 0 aliphatic heterocycles. The van der Waals surface area contributed by atoms with Crippen LogP contribution in [-0.2, 0) is 0 Å². The molecule has 1 aromatic carbocycles. The number of rotatable bonds is 1. The van der Waals surface area contributed by atoms with Crippen molar-refractivity contribution in [2.75, 3.05) is 0 Å². The third kappa shape index (κ3) is 1.48. The van der Waals surface area contributed by atoms with Crippen LogP contribution >= 0.6 is 11.3 Å². The molecule has 0 saturated heterocycles. The molecule has 1 N–H and O–H groups in total. The van der Waals surface area contributed by atoms with E-state index in [9.17, 15) is 0 Å². The molecule has 0 radical (unpaired) electrons. The second kappa shape index (κ2) is 3.67. The summed E-state index contributed by atoms with van der Waals surface area (Å²) in [5, 5.41) is 7.29. The lowest BCUT2D eigenvalue weighted by Crippen LogP contribution is -1.85. The number of nitrogens with one attached hydrogen (secondary N) is 1. The molecule has 0 bridgehead atoms. The lowest BCUT2D eigenvalue weighted by Gasteiger charge is -2.04. The topological polar surface area (TPSA) is 41.6 Å².